The van der Waals surface area contributed by atoms with Gasteiger partial charge in [-0.3, -0.25) is 0 Å². The number of halogens is 8. The number of benzene rings is 2. The smallest absolute Gasteiger partial charge is 0.206 e. The van der Waals surface area contributed by atoms with Crippen molar-refractivity contribution in [3.8, 4) is 11.5 Å². The van der Waals surface area contributed by atoms with E-state index in [4.69, 9.17) is 0 Å². The molecule has 1 aliphatic heterocycles. The molecule has 0 spiro atoms. The maximum Gasteiger partial charge on any atom is 0.206 e. The maximum atomic E-state index is 13.6. The lowest BCUT2D eigenvalue weighted by molar-refractivity contribution is 0.350. The number of nitrogens with zero attached hydrogens (tertiary/aromatic N) is 2. The van der Waals surface area contributed by atoms with Gasteiger partial charge in [0.25, 0.3) is 0 Å². The number of hydrogen-bond acceptors (Lipinski definition) is 3. The summed E-state index contributed by atoms with van der Waals surface area (Å²) in [5.41, 5.74) is -2.76. The zero-order chi connectivity index (χ0) is 17.0. The second-order valence-corrected chi connectivity index (χ2v) is 4.17. The minimum absolute atomic E-state index is 1.38. The Labute approximate surface area is 120 Å². The third-order valence-corrected chi connectivity index (χ3v) is 2.86. The third-order valence-electron chi connectivity index (χ3n) is 2.86. The molecule has 2 aromatic rings. The van der Waals surface area contributed by atoms with E-state index in [1.54, 1.807) is 0 Å². The topological polar surface area (TPSA) is 34.0 Å². The first-order chi connectivity index (χ1) is 10.8. The van der Waals surface area contributed by atoms with Gasteiger partial charge in [0.05, 0.1) is 0 Å². The molecule has 23 heavy (non-hydrogen) atoms. The van der Waals surface area contributed by atoms with E-state index in [1.165, 1.54) is 0 Å². The SMILES string of the molecule is Fc1c(F)c(F)c2c(c1F)N=Nc1c(F)c(F)c(F)c(F)c1O2. The summed E-state index contributed by atoms with van der Waals surface area (Å²) in [5, 5.41) is 5.69. The summed E-state index contributed by atoms with van der Waals surface area (Å²) in [5.74, 6) is -20.7. The Morgan fingerprint density at radius 2 is 0.739 bits per heavy atom. The molecule has 2 aromatic carbocycles. The third kappa shape index (κ3) is 1.95. The van der Waals surface area contributed by atoms with Gasteiger partial charge in [-0.05, 0) is 0 Å². The van der Waals surface area contributed by atoms with Crippen LogP contribution in [0, 0.1) is 46.5 Å². The predicted molar refractivity (Wildman–Crippen MR) is 56.8 cm³/mol. The molecular formula is C12F8N2O. The van der Waals surface area contributed by atoms with E-state index in [1.807, 2.05) is 0 Å². The lowest BCUT2D eigenvalue weighted by Crippen LogP contribution is -2.03. The molecule has 0 bridgehead atoms. The first-order valence-electron chi connectivity index (χ1n) is 5.57. The average Bonchev–Trinajstić information content (AvgIpc) is 2.74. The summed E-state index contributed by atoms with van der Waals surface area (Å²) in [6, 6.07) is 0. The van der Waals surface area contributed by atoms with Crippen molar-refractivity contribution in [2.45, 2.75) is 0 Å². The molecule has 0 aromatic heterocycles. The van der Waals surface area contributed by atoms with Crippen molar-refractivity contribution >= 4 is 11.4 Å². The molecule has 0 saturated carbocycles. The summed E-state index contributed by atoms with van der Waals surface area (Å²) in [4.78, 5) is 0. The molecule has 0 saturated heterocycles. The van der Waals surface area contributed by atoms with Crippen molar-refractivity contribution in [1.82, 2.24) is 0 Å². The first kappa shape index (κ1) is 15.2. The molecule has 0 unspecified atom stereocenters. The van der Waals surface area contributed by atoms with E-state index in [0.717, 1.165) is 0 Å². The number of azo groups is 1. The van der Waals surface area contributed by atoms with Gasteiger partial charge in [-0.2, -0.15) is 8.78 Å². The molecule has 1 heterocycles. The van der Waals surface area contributed by atoms with Crippen LogP contribution >= 0.6 is 0 Å². The fourth-order valence-corrected chi connectivity index (χ4v) is 1.77. The van der Waals surface area contributed by atoms with Gasteiger partial charge in [0.2, 0.25) is 23.3 Å². The molecule has 0 atom stereocenters. The molecular weight excluding hydrogens is 340 g/mol. The zero-order valence-corrected chi connectivity index (χ0v) is 10.3. The second-order valence-electron chi connectivity index (χ2n) is 4.17. The van der Waals surface area contributed by atoms with Gasteiger partial charge in [0, 0.05) is 0 Å². The standard InChI is InChI=1S/C12F8N2O/c13-1-3(15)7(19)11-9(5(1)17)21-22-10-6(18)2(14)4(16)8(20)12(10)23-11. The minimum Gasteiger partial charge on any atom is -0.446 e. The lowest BCUT2D eigenvalue weighted by Gasteiger charge is -2.11. The number of fused-ring (bicyclic) bond motifs is 2. The van der Waals surface area contributed by atoms with E-state index in [-0.39, 0.29) is 0 Å². The van der Waals surface area contributed by atoms with Gasteiger partial charge < -0.3 is 4.74 Å². The number of rotatable bonds is 0. The molecule has 1 aliphatic rings. The predicted octanol–water partition coefficient (Wildman–Crippen LogP) is 5.32. The number of hydrogen-bond donors (Lipinski definition) is 0. The summed E-state index contributed by atoms with van der Waals surface area (Å²) in [6.07, 6.45) is 0. The van der Waals surface area contributed by atoms with Crippen LogP contribution in [0.1, 0.15) is 0 Å². The van der Waals surface area contributed by atoms with Gasteiger partial charge in [0.15, 0.2) is 46.1 Å². The summed E-state index contributed by atoms with van der Waals surface area (Å²) < 4.78 is 111. The van der Waals surface area contributed by atoms with E-state index in [0.29, 0.717) is 0 Å². The van der Waals surface area contributed by atoms with Gasteiger partial charge >= 0.3 is 0 Å². The molecule has 0 fully saturated rings. The van der Waals surface area contributed by atoms with Gasteiger partial charge in [-0.15, -0.1) is 10.2 Å². The molecule has 0 aliphatic carbocycles. The number of ether oxygens (including phenoxy) is 1. The van der Waals surface area contributed by atoms with Crippen molar-refractivity contribution in [3.05, 3.63) is 46.5 Å². The van der Waals surface area contributed by atoms with Crippen molar-refractivity contribution < 1.29 is 39.9 Å². The Morgan fingerprint density at radius 1 is 0.435 bits per heavy atom. The molecule has 3 rings (SSSR count). The maximum absolute atomic E-state index is 13.6. The van der Waals surface area contributed by atoms with Crippen LogP contribution in [0.2, 0.25) is 0 Å². The summed E-state index contributed by atoms with van der Waals surface area (Å²) in [7, 11) is 0. The van der Waals surface area contributed by atoms with E-state index in [9.17, 15) is 35.1 Å². The molecule has 0 N–H and O–H groups in total. The Morgan fingerprint density at radius 3 is 1.09 bits per heavy atom. The van der Waals surface area contributed by atoms with Crippen LogP contribution in [0.3, 0.4) is 0 Å². The quantitative estimate of drug-likeness (QED) is 0.310. The van der Waals surface area contributed by atoms with Crippen LogP contribution in [-0.4, -0.2) is 0 Å². The van der Waals surface area contributed by atoms with Gasteiger partial charge in [-0.1, -0.05) is 0 Å². The van der Waals surface area contributed by atoms with E-state index >= 15 is 0 Å². The Bertz CT molecular complexity index is 825. The first-order valence-corrected chi connectivity index (χ1v) is 5.57. The lowest BCUT2D eigenvalue weighted by atomic mass is 10.2. The van der Waals surface area contributed by atoms with E-state index < -0.39 is 69.4 Å². The molecule has 0 radical (unpaired) electrons. The summed E-state index contributed by atoms with van der Waals surface area (Å²) in [6.45, 7) is 0. The molecule has 11 heteroatoms. The normalized spacial score (nSPS) is 12.5. The fraction of sp³-hybridized carbons (Fsp3) is 0. The van der Waals surface area contributed by atoms with Gasteiger partial charge in [0.1, 0.15) is 0 Å². The molecule has 120 valence electrons. The average molecular weight is 340 g/mol. The van der Waals surface area contributed by atoms with Crippen molar-refractivity contribution in [2.24, 2.45) is 10.2 Å². The Kier molecular flexibility index (Phi) is 3.23. The van der Waals surface area contributed by atoms with Crippen LogP contribution in [0.25, 0.3) is 0 Å². The van der Waals surface area contributed by atoms with E-state index in [2.05, 4.69) is 15.0 Å². The van der Waals surface area contributed by atoms with Crippen LogP contribution in [-0.2, 0) is 0 Å². The summed E-state index contributed by atoms with van der Waals surface area (Å²) >= 11 is 0. The Hall–Kier alpha value is -2.72. The fourth-order valence-electron chi connectivity index (χ4n) is 1.77. The highest BCUT2D eigenvalue weighted by molar-refractivity contribution is 5.63. The van der Waals surface area contributed by atoms with Crippen molar-refractivity contribution in [3.63, 3.8) is 0 Å². The molecule has 3 nitrogen and oxygen atoms in total. The minimum atomic E-state index is -2.33. The van der Waals surface area contributed by atoms with Crippen LogP contribution in [0.4, 0.5) is 46.5 Å². The van der Waals surface area contributed by atoms with Crippen LogP contribution in [0.15, 0.2) is 10.2 Å². The van der Waals surface area contributed by atoms with Crippen LogP contribution < -0.4 is 4.74 Å². The monoisotopic (exact) mass is 340 g/mol. The van der Waals surface area contributed by atoms with Crippen molar-refractivity contribution in [1.29, 1.82) is 0 Å². The highest BCUT2D eigenvalue weighted by Gasteiger charge is 2.34. The molecule has 0 amide bonds. The van der Waals surface area contributed by atoms with Crippen molar-refractivity contribution in [2.75, 3.05) is 0 Å². The van der Waals surface area contributed by atoms with Crippen LogP contribution in [0.5, 0.6) is 11.5 Å². The Balaban J connectivity index is 2.38. The largest absolute Gasteiger partial charge is 0.446 e. The van der Waals surface area contributed by atoms with Gasteiger partial charge in [-0.25, -0.2) is 26.3 Å². The second kappa shape index (κ2) is 4.89. The highest BCUT2D eigenvalue weighted by atomic mass is 19.2. The zero-order valence-electron chi connectivity index (χ0n) is 10.3. The highest BCUT2D eigenvalue weighted by Crippen LogP contribution is 2.48.